The zero-order valence-electron chi connectivity index (χ0n) is 12.2. The minimum absolute atomic E-state index is 0.0179. The SMILES string of the molecule is Cn1nc(CNC(=O)N[C@@H]2C[C@H]2c2ccco2)cc1C(F)(F)F. The minimum Gasteiger partial charge on any atom is -0.469 e. The molecule has 2 atom stereocenters. The number of halogens is 3. The van der Waals surface area contributed by atoms with Crippen LogP contribution in [0, 0.1) is 0 Å². The number of nitrogens with one attached hydrogen (secondary N) is 2. The van der Waals surface area contributed by atoms with Crippen LogP contribution in [0.3, 0.4) is 0 Å². The van der Waals surface area contributed by atoms with Crippen LogP contribution in [0.15, 0.2) is 28.9 Å². The molecule has 3 rings (SSSR count). The fourth-order valence-electron chi connectivity index (χ4n) is 2.44. The standard InChI is InChI=1S/C14H15F3N4O2/c1-21-12(14(15,16)17)5-8(20-21)7-18-13(22)19-10-6-9(10)11-3-2-4-23-11/h2-5,9-10H,6-7H2,1H3,(H2,18,19,22)/t9-,10-/m1/s1. The topological polar surface area (TPSA) is 72.1 Å². The second-order valence-electron chi connectivity index (χ2n) is 5.43. The first-order valence-corrected chi connectivity index (χ1v) is 7.02. The maximum Gasteiger partial charge on any atom is 0.433 e. The molecule has 0 spiro atoms. The summed E-state index contributed by atoms with van der Waals surface area (Å²) in [6, 6.07) is 4.09. The molecular formula is C14H15F3N4O2. The lowest BCUT2D eigenvalue weighted by Gasteiger charge is -2.05. The van der Waals surface area contributed by atoms with Crippen molar-refractivity contribution in [2.45, 2.75) is 31.1 Å². The number of hydrogen-bond donors (Lipinski definition) is 2. The number of aryl methyl sites for hydroxylation is 1. The van der Waals surface area contributed by atoms with E-state index in [-0.39, 0.29) is 24.2 Å². The third-order valence-electron chi connectivity index (χ3n) is 3.67. The Kier molecular flexibility index (Phi) is 3.78. The molecule has 1 fully saturated rings. The van der Waals surface area contributed by atoms with Crippen molar-refractivity contribution in [3.05, 3.63) is 41.6 Å². The fraction of sp³-hybridized carbons (Fsp3) is 0.429. The summed E-state index contributed by atoms with van der Waals surface area (Å²) in [5.41, 5.74) is -0.705. The minimum atomic E-state index is -4.47. The summed E-state index contributed by atoms with van der Waals surface area (Å²) in [5, 5.41) is 8.99. The molecule has 0 radical (unpaired) electrons. The van der Waals surface area contributed by atoms with E-state index < -0.39 is 17.9 Å². The van der Waals surface area contributed by atoms with Gasteiger partial charge in [-0.3, -0.25) is 4.68 Å². The van der Waals surface area contributed by atoms with Crippen molar-refractivity contribution < 1.29 is 22.4 Å². The van der Waals surface area contributed by atoms with Gasteiger partial charge in [-0.1, -0.05) is 0 Å². The van der Waals surface area contributed by atoms with Crippen LogP contribution in [0.2, 0.25) is 0 Å². The molecule has 124 valence electrons. The highest BCUT2D eigenvalue weighted by Gasteiger charge is 2.41. The highest BCUT2D eigenvalue weighted by molar-refractivity contribution is 5.74. The van der Waals surface area contributed by atoms with Crippen LogP contribution >= 0.6 is 0 Å². The Morgan fingerprint density at radius 3 is 2.91 bits per heavy atom. The predicted molar refractivity (Wildman–Crippen MR) is 73.4 cm³/mol. The Morgan fingerprint density at radius 2 is 2.30 bits per heavy atom. The summed E-state index contributed by atoms with van der Waals surface area (Å²) in [4.78, 5) is 11.8. The number of carbonyl (C=O) groups excluding carboxylic acids is 1. The molecule has 0 aromatic carbocycles. The second kappa shape index (κ2) is 5.64. The maximum absolute atomic E-state index is 12.6. The molecule has 0 aliphatic heterocycles. The van der Waals surface area contributed by atoms with Crippen molar-refractivity contribution >= 4 is 6.03 Å². The second-order valence-corrected chi connectivity index (χ2v) is 5.43. The first-order chi connectivity index (χ1) is 10.8. The zero-order valence-corrected chi connectivity index (χ0v) is 12.2. The molecule has 9 heteroatoms. The van der Waals surface area contributed by atoms with E-state index in [0.717, 1.165) is 22.9 Å². The van der Waals surface area contributed by atoms with Crippen LogP contribution in [-0.4, -0.2) is 21.9 Å². The van der Waals surface area contributed by atoms with Gasteiger partial charge in [-0.25, -0.2) is 4.79 Å². The first-order valence-electron chi connectivity index (χ1n) is 7.02. The predicted octanol–water partition coefficient (Wildman–Crippen LogP) is 2.39. The Labute approximate surface area is 129 Å². The van der Waals surface area contributed by atoms with Gasteiger partial charge in [-0.05, 0) is 24.6 Å². The Balaban J connectivity index is 1.49. The van der Waals surface area contributed by atoms with E-state index in [1.807, 2.05) is 6.07 Å². The molecule has 0 bridgehead atoms. The van der Waals surface area contributed by atoms with E-state index in [4.69, 9.17) is 4.42 Å². The number of furan rings is 1. The molecule has 2 N–H and O–H groups in total. The Bertz CT molecular complexity index is 693. The Morgan fingerprint density at radius 1 is 1.52 bits per heavy atom. The van der Waals surface area contributed by atoms with Gasteiger partial charge in [-0.2, -0.15) is 18.3 Å². The Hall–Kier alpha value is -2.45. The molecule has 1 aliphatic carbocycles. The maximum atomic E-state index is 12.6. The lowest BCUT2D eigenvalue weighted by molar-refractivity contribution is -0.143. The molecule has 1 saturated carbocycles. The van der Waals surface area contributed by atoms with Crippen LogP contribution in [0.4, 0.5) is 18.0 Å². The summed E-state index contributed by atoms with van der Waals surface area (Å²) < 4.78 is 44.0. The highest BCUT2D eigenvalue weighted by Crippen LogP contribution is 2.40. The lowest BCUT2D eigenvalue weighted by atomic mass is 10.3. The van der Waals surface area contributed by atoms with E-state index in [1.54, 1.807) is 12.3 Å². The molecule has 0 unspecified atom stereocenters. The molecule has 2 aromatic heterocycles. The molecule has 2 amide bonds. The number of hydrogen-bond acceptors (Lipinski definition) is 3. The van der Waals surface area contributed by atoms with Gasteiger partial charge >= 0.3 is 12.2 Å². The summed E-state index contributed by atoms with van der Waals surface area (Å²) in [6.45, 7) is -0.0755. The molecule has 2 heterocycles. The van der Waals surface area contributed by atoms with Gasteiger partial charge < -0.3 is 15.1 Å². The average Bonchev–Trinajstić information content (AvgIpc) is 2.90. The van der Waals surface area contributed by atoms with Crippen molar-refractivity contribution in [2.75, 3.05) is 0 Å². The van der Waals surface area contributed by atoms with E-state index in [9.17, 15) is 18.0 Å². The largest absolute Gasteiger partial charge is 0.469 e. The number of carbonyl (C=O) groups is 1. The number of alkyl halides is 3. The highest BCUT2D eigenvalue weighted by atomic mass is 19.4. The van der Waals surface area contributed by atoms with Gasteiger partial charge in [0.15, 0.2) is 0 Å². The van der Waals surface area contributed by atoms with E-state index in [0.29, 0.717) is 0 Å². The van der Waals surface area contributed by atoms with Gasteiger partial charge in [-0.15, -0.1) is 0 Å². The fourth-order valence-corrected chi connectivity index (χ4v) is 2.44. The molecular weight excluding hydrogens is 313 g/mol. The first kappa shape index (κ1) is 15.4. The summed E-state index contributed by atoms with van der Waals surface area (Å²) in [7, 11) is 1.21. The number of nitrogens with zero attached hydrogens (tertiary/aromatic N) is 2. The van der Waals surface area contributed by atoms with Crippen LogP contribution < -0.4 is 10.6 Å². The number of rotatable bonds is 4. The van der Waals surface area contributed by atoms with Crippen LogP contribution in [-0.2, 0) is 19.8 Å². The van der Waals surface area contributed by atoms with Crippen LogP contribution in [0.1, 0.15) is 29.5 Å². The zero-order chi connectivity index (χ0) is 16.6. The van der Waals surface area contributed by atoms with Crippen molar-refractivity contribution in [2.24, 2.45) is 7.05 Å². The van der Waals surface area contributed by atoms with Crippen molar-refractivity contribution in [3.63, 3.8) is 0 Å². The molecule has 0 saturated heterocycles. The smallest absolute Gasteiger partial charge is 0.433 e. The van der Waals surface area contributed by atoms with Gasteiger partial charge in [0, 0.05) is 19.0 Å². The van der Waals surface area contributed by atoms with Crippen molar-refractivity contribution in [3.8, 4) is 0 Å². The summed E-state index contributed by atoms with van der Waals surface area (Å²) in [6.07, 6.45) is -2.11. The monoisotopic (exact) mass is 328 g/mol. The molecule has 6 nitrogen and oxygen atoms in total. The molecule has 23 heavy (non-hydrogen) atoms. The normalized spacial score (nSPS) is 20.3. The summed E-state index contributed by atoms with van der Waals surface area (Å²) >= 11 is 0. The third kappa shape index (κ3) is 3.49. The van der Waals surface area contributed by atoms with Gasteiger partial charge in [0.2, 0.25) is 0 Å². The van der Waals surface area contributed by atoms with E-state index in [1.165, 1.54) is 7.05 Å². The summed E-state index contributed by atoms with van der Waals surface area (Å²) in [5.74, 6) is 0.970. The van der Waals surface area contributed by atoms with E-state index in [2.05, 4.69) is 15.7 Å². The lowest BCUT2D eigenvalue weighted by Crippen LogP contribution is -2.37. The molecule has 2 aromatic rings. The van der Waals surface area contributed by atoms with Gasteiger partial charge in [0.25, 0.3) is 0 Å². The number of amides is 2. The van der Waals surface area contributed by atoms with Gasteiger partial charge in [0.05, 0.1) is 18.5 Å². The molecule has 1 aliphatic rings. The van der Waals surface area contributed by atoms with Crippen molar-refractivity contribution in [1.29, 1.82) is 0 Å². The number of aromatic nitrogens is 2. The third-order valence-corrected chi connectivity index (χ3v) is 3.67. The quantitative estimate of drug-likeness (QED) is 0.905. The van der Waals surface area contributed by atoms with E-state index >= 15 is 0 Å². The number of urea groups is 1. The van der Waals surface area contributed by atoms with Crippen LogP contribution in [0.5, 0.6) is 0 Å². The van der Waals surface area contributed by atoms with Gasteiger partial charge in [0.1, 0.15) is 11.5 Å². The van der Waals surface area contributed by atoms with Crippen molar-refractivity contribution in [1.82, 2.24) is 20.4 Å². The van der Waals surface area contributed by atoms with Crippen LogP contribution in [0.25, 0.3) is 0 Å². The average molecular weight is 328 g/mol.